The molecule has 0 amide bonds. The molecule has 3 rings (SSSR count). The van der Waals surface area contributed by atoms with Gasteiger partial charge in [-0.2, -0.15) is 0 Å². The van der Waals surface area contributed by atoms with E-state index in [-0.39, 0.29) is 16.9 Å². The molecular weight excluding hydrogens is 775 g/mol. The standard InChI is InChI=1S/C54H79NO7/c1-3-5-7-9-11-13-15-17-18-19-20-22-24-25-27-29-43-60-49-37-31-46(32-38-49)33-41-52(56)48-36-42-53(51(45-48)55(58)59)62-54(57)47-34-39-50(40-35-47)61-44-30-28-26-23-21-16-14-12-10-8-6-4-2/h31-42,45H,3-30,43-44H2,1-2H3/b41-33+. The fourth-order valence-electron chi connectivity index (χ4n) is 7.66. The Morgan fingerprint density at radius 2 is 0.871 bits per heavy atom. The van der Waals surface area contributed by atoms with Gasteiger partial charge in [0.25, 0.3) is 0 Å². The Labute approximate surface area is 374 Å². The average molecular weight is 854 g/mol. The van der Waals surface area contributed by atoms with Gasteiger partial charge in [-0.3, -0.25) is 14.9 Å². The maximum atomic E-state index is 13.0. The van der Waals surface area contributed by atoms with Gasteiger partial charge < -0.3 is 14.2 Å². The summed E-state index contributed by atoms with van der Waals surface area (Å²) in [5.74, 6) is 0.0509. The van der Waals surface area contributed by atoms with Crippen molar-refractivity contribution in [2.75, 3.05) is 13.2 Å². The molecular formula is C54H79NO7. The highest BCUT2D eigenvalue weighted by molar-refractivity contribution is 6.07. The Morgan fingerprint density at radius 3 is 1.27 bits per heavy atom. The van der Waals surface area contributed by atoms with Crippen LogP contribution >= 0.6 is 0 Å². The number of benzene rings is 3. The lowest BCUT2D eigenvalue weighted by Gasteiger charge is -2.08. The molecule has 0 aromatic heterocycles. The Kier molecular flexibility index (Phi) is 28.5. The van der Waals surface area contributed by atoms with Crippen molar-refractivity contribution >= 4 is 23.5 Å². The van der Waals surface area contributed by atoms with Gasteiger partial charge in [-0.25, -0.2) is 4.79 Å². The molecule has 0 spiro atoms. The van der Waals surface area contributed by atoms with Gasteiger partial charge in [0.1, 0.15) is 11.5 Å². The number of esters is 1. The van der Waals surface area contributed by atoms with E-state index < -0.39 is 22.4 Å². The first-order valence-electron chi connectivity index (χ1n) is 24.6. The van der Waals surface area contributed by atoms with Crippen molar-refractivity contribution in [1.82, 2.24) is 0 Å². The van der Waals surface area contributed by atoms with Gasteiger partial charge in [0.2, 0.25) is 5.75 Å². The van der Waals surface area contributed by atoms with E-state index in [1.165, 1.54) is 179 Å². The number of carbonyl (C=O) groups is 2. The van der Waals surface area contributed by atoms with Crippen LogP contribution in [0.2, 0.25) is 0 Å². The van der Waals surface area contributed by atoms with Gasteiger partial charge in [0.15, 0.2) is 5.78 Å². The van der Waals surface area contributed by atoms with E-state index in [0.717, 1.165) is 36.6 Å². The number of ether oxygens (including phenoxy) is 3. The first-order chi connectivity index (χ1) is 30.4. The highest BCUT2D eigenvalue weighted by Gasteiger charge is 2.21. The second kappa shape index (κ2) is 34.1. The van der Waals surface area contributed by atoms with Gasteiger partial charge in [-0.15, -0.1) is 0 Å². The molecule has 0 saturated heterocycles. The SMILES string of the molecule is CCCCCCCCCCCCCCCCCCOc1ccc(/C=C/C(=O)c2ccc(OC(=O)c3ccc(OCCCCCCCCCCCCCC)cc3)c([N+](=O)[O-])c2)cc1. The van der Waals surface area contributed by atoms with E-state index in [1.54, 1.807) is 30.3 Å². The predicted octanol–water partition coefficient (Wildman–Crippen LogP) is 16.4. The third-order valence-corrected chi connectivity index (χ3v) is 11.6. The monoisotopic (exact) mass is 854 g/mol. The lowest BCUT2D eigenvalue weighted by Crippen LogP contribution is -2.10. The van der Waals surface area contributed by atoms with Crippen molar-refractivity contribution in [1.29, 1.82) is 0 Å². The van der Waals surface area contributed by atoms with E-state index in [4.69, 9.17) is 14.2 Å². The second-order valence-corrected chi connectivity index (χ2v) is 17.0. The molecule has 0 aliphatic rings. The lowest BCUT2D eigenvalue weighted by atomic mass is 10.0. The van der Waals surface area contributed by atoms with Crippen LogP contribution in [0.3, 0.4) is 0 Å². The Hall–Kier alpha value is -4.46. The number of carbonyl (C=O) groups excluding carboxylic acids is 2. The fourth-order valence-corrected chi connectivity index (χ4v) is 7.66. The minimum atomic E-state index is -0.739. The van der Waals surface area contributed by atoms with Gasteiger partial charge in [-0.1, -0.05) is 199 Å². The van der Waals surface area contributed by atoms with Crippen LogP contribution in [0, 0.1) is 10.1 Å². The highest BCUT2D eigenvalue weighted by atomic mass is 16.6. The Morgan fingerprint density at radius 1 is 0.500 bits per heavy atom. The summed E-state index contributed by atoms with van der Waals surface area (Å²) >= 11 is 0. The van der Waals surface area contributed by atoms with Gasteiger partial charge in [0.05, 0.1) is 23.7 Å². The van der Waals surface area contributed by atoms with Gasteiger partial charge in [0, 0.05) is 11.6 Å². The normalized spacial score (nSPS) is 11.3. The van der Waals surface area contributed by atoms with E-state index in [9.17, 15) is 19.7 Å². The fraction of sp³-hybridized carbons (Fsp3) is 0.593. The predicted molar refractivity (Wildman–Crippen MR) is 256 cm³/mol. The van der Waals surface area contributed by atoms with Crippen molar-refractivity contribution in [2.24, 2.45) is 0 Å². The van der Waals surface area contributed by atoms with Crippen molar-refractivity contribution in [3.63, 3.8) is 0 Å². The first-order valence-corrected chi connectivity index (χ1v) is 24.6. The van der Waals surface area contributed by atoms with Crippen molar-refractivity contribution in [3.8, 4) is 17.2 Å². The molecule has 0 saturated carbocycles. The molecule has 0 unspecified atom stereocenters. The van der Waals surface area contributed by atoms with Gasteiger partial charge in [-0.05, 0) is 73.0 Å². The molecule has 0 bridgehead atoms. The van der Waals surface area contributed by atoms with Crippen LogP contribution in [0.1, 0.15) is 220 Å². The summed E-state index contributed by atoms with van der Waals surface area (Å²) < 4.78 is 17.2. The maximum absolute atomic E-state index is 13.0. The molecule has 62 heavy (non-hydrogen) atoms. The Bertz CT molecular complexity index is 1670. The minimum Gasteiger partial charge on any atom is -0.494 e. The van der Waals surface area contributed by atoms with E-state index in [0.29, 0.717) is 19.0 Å². The summed E-state index contributed by atoms with van der Waals surface area (Å²) in [5, 5.41) is 11.9. The molecule has 3 aromatic rings. The lowest BCUT2D eigenvalue weighted by molar-refractivity contribution is -0.385. The number of allylic oxidation sites excluding steroid dienone is 1. The number of unbranched alkanes of at least 4 members (excludes halogenated alkanes) is 26. The summed E-state index contributed by atoms with van der Waals surface area (Å²) in [6.07, 6.45) is 39.8. The zero-order valence-electron chi connectivity index (χ0n) is 38.5. The van der Waals surface area contributed by atoms with Crippen LogP contribution in [-0.4, -0.2) is 29.9 Å². The van der Waals surface area contributed by atoms with Crippen molar-refractivity contribution < 1.29 is 28.7 Å². The summed E-state index contributed by atoms with van der Waals surface area (Å²) in [6, 6.07) is 17.9. The highest BCUT2D eigenvalue weighted by Crippen LogP contribution is 2.30. The number of hydrogen-bond donors (Lipinski definition) is 0. The molecule has 0 N–H and O–H groups in total. The Balaban J connectivity index is 1.29. The number of hydrogen-bond acceptors (Lipinski definition) is 7. The van der Waals surface area contributed by atoms with Crippen LogP contribution < -0.4 is 14.2 Å². The van der Waals surface area contributed by atoms with E-state index in [1.807, 2.05) is 24.3 Å². The van der Waals surface area contributed by atoms with Crippen LogP contribution in [-0.2, 0) is 0 Å². The zero-order valence-corrected chi connectivity index (χ0v) is 38.5. The smallest absolute Gasteiger partial charge is 0.343 e. The molecule has 0 radical (unpaired) electrons. The summed E-state index contributed by atoms with van der Waals surface area (Å²) in [5.41, 5.74) is 0.678. The van der Waals surface area contributed by atoms with Gasteiger partial charge >= 0.3 is 11.7 Å². The zero-order chi connectivity index (χ0) is 44.3. The number of ketones is 1. The van der Waals surface area contributed by atoms with Crippen LogP contribution in [0.25, 0.3) is 6.08 Å². The second-order valence-electron chi connectivity index (χ2n) is 17.0. The average Bonchev–Trinajstić information content (AvgIpc) is 3.28. The number of nitro groups is 1. The van der Waals surface area contributed by atoms with Crippen LogP contribution in [0.15, 0.2) is 72.8 Å². The summed E-state index contributed by atoms with van der Waals surface area (Å²) in [4.78, 5) is 37.2. The van der Waals surface area contributed by atoms with E-state index >= 15 is 0 Å². The largest absolute Gasteiger partial charge is 0.494 e. The topological polar surface area (TPSA) is 105 Å². The number of nitrogens with zero attached hydrogens (tertiary/aromatic N) is 1. The summed E-state index contributed by atoms with van der Waals surface area (Å²) in [6.45, 7) is 5.81. The molecule has 342 valence electrons. The molecule has 8 nitrogen and oxygen atoms in total. The summed E-state index contributed by atoms with van der Waals surface area (Å²) in [7, 11) is 0. The number of nitro benzene ring substituents is 1. The molecule has 8 heteroatoms. The van der Waals surface area contributed by atoms with E-state index in [2.05, 4.69) is 13.8 Å². The molecule has 0 aliphatic carbocycles. The third kappa shape index (κ3) is 23.7. The quantitative estimate of drug-likeness (QED) is 0.0107. The third-order valence-electron chi connectivity index (χ3n) is 11.6. The molecule has 0 atom stereocenters. The maximum Gasteiger partial charge on any atom is 0.343 e. The molecule has 0 aliphatic heterocycles. The van der Waals surface area contributed by atoms with Crippen LogP contribution in [0.4, 0.5) is 5.69 Å². The molecule has 3 aromatic carbocycles. The van der Waals surface area contributed by atoms with Crippen molar-refractivity contribution in [3.05, 3.63) is 99.6 Å². The molecule has 0 heterocycles. The number of rotatable bonds is 38. The first kappa shape index (κ1) is 51.9. The minimum absolute atomic E-state index is 0.112. The van der Waals surface area contributed by atoms with Crippen LogP contribution in [0.5, 0.6) is 17.2 Å². The molecule has 0 fully saturated rings. The van der Waals surface area contributed by atoms with Crippen molar-refractivity contribution in [2.45, 2.75) is 194 Å².